The minimum Gasteiger partial charge on any atom is -0.481 e. The minimum atomic E-state index is -2.68. The normalized spacial score (nSPS) is 49.6. The van der Waals surface area contributed by atoms with Gasteiger partial charge in [-0.25, -0.2) is 0 Å². The molecule has 0 saturated carbocycles. The molecule has 5 heterocycles. The van der Waals surface area contributed by atoms with Crippen LogP contribution in [0, 0.1) is 53.3 Å². The lowest BCUT2D eigenvalue weighted by Crippen LogP contribution is -2.73. The van der Waals surface area contributed by atoms with E-state index < -0.39 is 112 Å². The number of rotatable bonds is 14. The van der Waals surface area contributed by atoms with Crippen molar-refractivity contribution in [2.75, 3.05) is 14.2 Å². The zero-order chi connectivity index (χ0) is 47.0. The molecular weight excluding hydrogens is 808 g/mol. The Morgan fingerprint density at radius 3 is 2.03 bits per heavy atom. The third-order valence-corrected chi connectivity index (χ3v) is 15.8. The number of ether oxygens (including phenoxy) is 7. The van der Waals surface area contributed by atoms with E-state index in [0.29, 0.717) is 24.8 Å². The molecule has 358 valence electrons. The van der Waals surface area contributed by atoms with Crippen molar-refractivity contribution in [3.63, 3.8) is 0 Å². The van der Waals surface area contributed by atoms with Crippen molar-refractivity contribution in [2.24, 2.45) is 53.3 Å². The Hall–Kier alpha value is -1.64. The highest BCUT2D eigenvalue weighted by Gasteiger charge is 2.67. The summed E-state index contributed by atoms with van der Waals surface area (Å²) in [6.07, 6.45) is -3.27. The smallest absolute Gasteiger partial charge is 0.311 e. The van der Waals surface area contributed by atoms with Gasteiger partial charge in [-0.05, 0) is 70.8 Å². The van der Waals surface area contributed by atoms with Gasteiger partial charge in [0.1, 0.15) is 23.4 Å². The van der Waals surface area contributed by atoms with Crippen LogP contribution in [0.25, 0.3) is 0 Å². The van der Waals surface area contributed by atoms with Crippen molar-refractivity contribution in [2.45, 2.75) is 199 Å². The molecule has 0 radical (unpaired) electrons. The Bertz CT molecular complexity index is 1650. The zero-order valence-corrected chi connectivity index (χ0v) is 39.5. The predicted octanol–water partition coefficient (Wildman–Crippen LogP) is 3.54. The molecular formula is C46H78O16. The Labute approximate surface area is 367 Å². The second-order valence-electron chi connectivity index (χ2n) is 20.8. The van der Waals surface area contributed by atoms with Gasteiger partial charge >= 0.3 is 5.97 Å². The summed E-state index contributed by atoms with van der Waals surface area (Å²) in [4.78, 5) is 26.7. The molecule has 4 fully saturated rings. The van der Waals surface area contributed by atoms with Gasteiger partial charge in [0.2, 0.25) is 11.6 Å². The van der Waals surface area contributed by atoms with Crippen LogP contribution >= 0.6 is 0 Å². The van der Waals surface area contributed by atoms with Crippen LogP contribution in [-0.4, -0.2) is 145 Å². The van der Waals surface area contributed by atoms with Crippen molar-refractivity contribution < 1.29 is 78.5 Å². The van der Waals surface area contributed by atoms with Crippen LogP contribution in [-0.2, 0) is 42.7 Å². The number of aliphatic hydroxyl groups excluding tert-OH is 1. The van der Waals surface area contributed by atoms with E-state index in [9.17, 15) is 45.3 Å². The maximum absolute atomic E-state index is 14.6. The third-order valence-electron chi connectivity index (χ3n) is 15.8. The highest BCUT2D eigenvalue weighted by Crippen LogP contribution is 2.52. The number of carbonyl (C=O) groups is 2. The van der Waals surface area contributed by atoms with Crippen molar-refractivity contribution in [3.05, 3.63) is 11.6 Å². The average Bonchev–Trinajstić information content (AvgIpc) is 3.78. The molecule has 0 aromatic rings. The van der Waals surface area contributed by atoms with E-state index in [4.69, 9.17) is 33.2 Å². The molecule has 0 aliphatic carbocycles. The highest BCUT2D eigenvalue weighted by molar-refractivity contribution is 5.84. The number of aliphatic hydroxyl groups is 6. The molecule has 0 aromatic carbocycles. The standard InChI is InChI=1S/C46H78O16/c1-21(2)18-30-20-23(4)44(53,27(8)33(47)24(5)34-26(7)39(57-15)42(12,51)46(55,61-34)29(10)40(49)50)62-45(30,54)37(48)31-16-17-41(11,59-31)38-22(3)19-32(58-38)36-25(6)35(56-14)28(9)43(13,52)60-36/h20-29,31-32,34-39,48,51-55H,16-19H2,1-15H3,(H,49,50)/t22-,23-,24+,25-,26-,27-,28-,29+,31-,32+,34-,35-,36-,37+,38+,39+,41-,42-,43-,44-,45+,46+/m0/s1. The molecule has 7 N–H and O–H groups in total. The fourth-order valence-electron chi connectivity index (χ4n) is 11.8. The van der Waals surface area contributed by atoms with Crippen LogP contribution in [0.5, 0.6) is 0 Å². The molecule has 62 heavy (non-hydrogen) atoms. The van der Waals surface area contributed by atoms with Gasteiger partial charge in [-0.1, -0.05) is 68.4 Å². The maximum atomic E-state index is 14.6. The first-order valence-electron chi connectivity index (χ1n) is 22.6. The summed E-state index contributed by atoms with van der Waals surface area (Å²) in [7, 11) is 2.93. The molecule has 4 saturated heterocycles. The highest BCUT2D eigenvalue weighted by atomic mass is 16.7. The Kier molecular flexibility index (Phi) is 14.8. The van der Waals surface area contributed by atoms with Gasteiger partial charge in [0, 0.05) is 43.8 Å². The zero-order valence-electron chi connectivity index (χ0n) is 39.5. The van der Waals surface area contributed by atoms with Crippen LogP contribution in [0.3, 0.4) is 0 Å². The average molecular weight is 887 g/mol. The molecule has 5 rings (SSSR count). The number of ketones is 1. The van der Waals surface area contributed by atoms with Crippen molar-refractivity contribution in [3.8, 4) is 0 Å². The Balaban J connectivity index is 1.39. The molecule has 16 nitrogen and oxygen atoms in total. The van der Waals surface area contributed by atoms with Gasteiger partial charge in [0.15, 0.2) is 11.6 Å². The molecule has 0 unspecified atom stereocenters. The van der Waals surface area contributed by atoms with E-state index in [1.807, 2.05) is 34.6 Å². The summed E-state index contributed by atoms with van der Waals surface area (Å²) in [5.41, 5.74) is -2.79. The summed E-state index contributed by atoms with van der Waals surface area (Å²) < 4.78 is 43.5. The number of Topliss-reactive ketones (excluding diaryl/α,β-unsaturated/α-hetero) is 1. The molecule has 0 spiro atoms. The van der Waals surface area contributed by atoms with Crippen molar-refractivity contribution in [1.82, 2.24) is 0 Å². The summed E-state index contributed by atoms with van der Waals surface area (Å²) >= 11 is 0. The van der Waals surface area contributed by atoms with Gasteiger partial charge in [-0.2, -0.15) is 0 Å². The van der Waals surface area contributed by atoms with Crippen LogP contribution in [0.4, 0.5) is 0 Å². The summed E-state index contributed by atoms with van der Waals surface area (Å²) in [6.45, 7) is 22.1. The van der Waals surface area contributed by atoms with Crippen LogP contribution in [0.2, 0.25) is 0 Å². The number of hydrogen-bond acceptors (Lipinski definition) is 15. The monoisotopic (exact) mass is 887 g/mol. The molecule has 22 atom stereocenters. The lowest BCUT2D eigenvalue weighted by molar-refractivity contribution is -0.394. The van der Waals surface area contributed by atoms with Gasteiger partial charge in [0.25, 0.3) is 0 Å². The Morgan fingerprint density at radius 1 is 0.871 bits per heavy atom. The first-order valence-corrected chi connectivity index (χ1v) is 22.6. The van der Waals surface area contributed by atoms with Crippen molar-refractivity contribution >= 4 is 11.8 Å². The maximum Gasteiger partial charge on any atom is 0.311 e. The molecule has 16 heteroatoms. The predicted molar refractivity (Wildman–Crippen MR) is 224 cm³/mol. The van der Waals surface area contributed by atoms with Gasteiger partial charge in [-0.3, -0.25) is 9.59 Å². The van der Waals surface area contributed by atoms with E-state index in [0.717, 1.165) is 0 Å². The molecule has 0 bridgehead atoms. The SMILES string of the molecule is CO[C@H]1[C@H](C)[C@@H]([C@H]2C[C@H](C)[C@H]([C@]3(C)CC[C@@H]([C@@H](O)[C@]4(O)O[C@](O)([C@@H](C)C(=O)[C@@H](C)[C@@H]5O[C@](O)([C@H](C)C(=O)O)[C@@](C)(O)[C@H](OC)[C@H]5C)[C@@H](C)C=C4CC(C)C)O3)O2)O[C@](C)(O)[C@H]1C. The lowest BCUT2D eigenvalue weighted by Gasteiger charge is -2.56. The number of methoxy groups -OCH3 is 2. The van der Waals surface area contributed by atoms with E-state index in [1.54, 1.807) is 34.0 Å². The fourth-order valence-corrected chi connectivity index (χ4v) is 11.8. The van der Waals surface area contributed by atoms with Crippen molar-refractivity contribution in [1.29, 1.82) is 0 Å². The summed E-state index contributed by atoms with van der Waals surface area (Å²) in [5, 5.41) is 81.6. The van der Waals surface area contributed by atoms with Gasteiger partial charge in [-0.15, -0.1) is 0 Å². The van der Waals surface area contributed by atoms with Crippen LogP contribution in [0.15, 0.2) is 11.6 Å². The Morgan fingerprint density at radius 2 is 1.48 bits per heavy atom. The number of aliphatic carboxylic acids is 1. The summed E-state index contributed by atoms with van der Waals surface area (Å²) in [5.74, 6) is -17.2. The van der Waals surface area contributed by atoms with Gasteiger partial charge < -0.3 is 68.9 Å². The van der Waals surface area contributed by atoms with E-state index in [-0.39, 0.29) is 42.3 Å². The number of carboxylic acid groups (broad SMARTS) is 1. The van der Waals surface area contributed by atoms with Crippen LogP contribution in [0.1, 0.15) is 116 Å². The topological polar surface area (TPSA) is 240 Å². The van der Waals surface area contributed by atoms with E-state index in [1.165, 1.54) is 34.8 Å². The lowest BCUT2D eigenvalue weighted by atomic mass is 9.69. The molecule has 0 aromatic heterocycles. The molecule has 5 aliphatic rings. The van der Waals surface area contributed by atoms with Gasteiger partial charge in [0.05, 0.1) is 54.2 Å². The fraction of sp³-hybridized carbons (Fsp3) is 0.913. The first kappa shape index (κ1) is 51.3. The summed E-state index contributed by atoms with van der Waals surface area (Å²) in [6, 6.07) is 0. The number of carboxylic acids is 1. The second-order valence-corrected chi connectivity index (χ2v) is 20.8. The largest absolute Gasteiger partial charge is 0.481 e. The number of carbonyl (C=O) groups excluding carboxylic acids is 1. The number of hydrogen-bond donors (Lipinski definition) is 7. The first-order chi connectivity index (χ1) is 28.4. The minimum absolute atomic E-state index is 0.00307. The van der Waals surface area contributed by atoms with E-state index in [2.05, 4.69) is 6.92 Å². The molecule has 0 amide bonds. The van der Waals surface area contributed by atoms with E-state index >= 15 is 0 Å². The quantitative estimate of drug-likeness (QED) is 0.124. The molecule has 5 aliphatic heterocycles. The second kappa shape index (κ2) is 17.9. The third kappa shape index (κ3) is 8.49. The van der Waals surface area contributed by atoms with Crippen LogP contribution < -0.4 is 0 Å².